The summed E-state index contributed by atoms with van der Waals surface area (Å²) < 4.78 is 1.69. The zero-order valence-electron chi connectivity index (χ0n) is 15.7. The first-order chi connectivity index (χ1) is 13.5. The first kappa shape index (κ1) is 17.9. The van der Waals surface area contributed by atoms with Gasteiger partial charge in [-0.3, -0.25) is 14.6 Å². The van der Waals surface area contributed by atoms with Gasteiger partial charge in [-0.05, 0) is 46.9 Å². The van der Waals surface area contributed by atoms with Crippen molar-refractivity contribution in [3.05, 3.63) is 93.4 Å². The number of carbonyl (C=O) groups excluding carboxylic acids is 1. The number of Topliss-reactive ketones (excluding diaryl/α,β-unsaturated/α-hetero) is 1. The van der Waals surface area contributed by atoms with E-state index in [1.54, 1.807) is 17.6 Å². The molecule has 0 saturated carbocycles. The van der Waals surface area contributed by atoms with Gasteiger partial charge < -0.3 is 10.3 Å². The number of ketones is 1. The van der Waals surface area contributed by atoms with Crippen molar-refractivity contribution in [1.29, 1.82) is 0 Å². The van der Waals surface area contributed by atoms with E-state index < -0.39 is 0 Å². The Balaban J connectivity index is 1.68. The normalized spacial score (nSPS) is 12.5. The minimum Gasteiger partial charge on any atom is -0.383 e. The number of hydrogen-bond donors (Lipinski definition) is 1. The van der Waals surface area contributed by atoms with E-state index in [0.717, 1.165) is 33.4 Å². The molecule has 3 aromatic rings. The summed E-state index contributed by atoms with van der Waals surface area (Å²) in [6, 6.07) is 17.2. The van der Waals surface area contributed by atoms with Crippen LogP contribution in [-0.4, -0.2) is 16.2 Å². The Labute approximate surface area is 163 Å². The molecular formula is C23H21N3O2. The predicted molar refractivity (Wildman–Crippen MR) is 110 cm³/mol. The molecule has 0 saturated heterocycles. The van der Waals surface area contributed by atoms with Gasteiger partial charge in [-0.25, -0.2) is 0 Å². The maximum Gasteiger partial charge on any atom is 0.250 e. The minimum atomic E-state index is -0.0740. The maximum atomic E-state index is 12.4. The number of nitrogens with two attached hydrogens (primary N) is 1. The third-order valence-electron chi connectivity index (χ3n) is 5.02. The third kappa shape index (κ3) is 3.51. The molecule has 0 fully saturated rings. The lowest BCUT2D eigenvalue weighted by molar-refractivity contribution is -0.116. The van der Waals surface area contributed by atoms with E-state index >= 15 is 0 Å². The monoisotopic (exact) mass is 371 g/mol. The van der Waals surface area contributed by atoms with E-state index in [-0.39, 0.29) is 11.3 Å². The van der Waals surface area contributed by atoms with Crippen LogP contribution >= 0.6 is 0 Å². The Kier molecular flexibility index (Phi) is 4.65. The molecular weight excluding hydrogens is 350 g/mol. The van der Waals surface area contributed by atoms with Crippen LogP contribution in [0.25, 0.3) is 11.1 Å². The van der Waals surface area contributed by atoms with E-state index in [0.29, 0.717) is 25.3 Å². The molecule has 5 nitrogen and oxygen atoms in total. The molecule has 5 heteroatoms. The number of aliphatic imine (C=N–C) groups is 1. The van der Waals surface area contributed by atoms with Crippen LogP contribution in [0.1, 0.15) is 29.2 Å². The molecule has 140 valence electrons. The van der Waals surface area contributed by atoms with Gasteiger partial charge in [-0.15, -0.1) is 0 Å². The summed E-state index contributed by atoms with van der Waals surface area (Å²) in [6.07, 6.45) is 2.24. The molecule has 4 rings (SSSR count). The maximum absolute atomic E-state index is 12.4. The Morgan fingerprint density at radius 1 is 1.07 bits per heavy atom. The molecule has 28 heavy (non-hydrogen) atoms. The third-order valence-corrected chi connectivity index (χ3v) is 5.02. The van der Waals surface area contributed by atoms with Crippen molar-refractivity contribution in [2.45, 2.75) is 26.4 Å². The fraction of sp³-hybridized carbons (Fsp3) is 0.174. The van der Waals surface area contributed by atoms with Crippen molar-refractivity contribution in [3.63, 3.8) is 0 Å². The Hall–Kier alpha value is -3.47. The summed E-state index contributed by atoms with van der Waals surface area (Å²) >= 11 is 0. The van der Waals surface area contributed by atoms with E-state index in [1.807, 2.05) is 48.7 Å². The highest BCUT2D eigenvalue weighted by molar-refractivity contribution is 6.01. The number of carbonyl (C=O) groups is 1. The molecule has 0 unspecified atom stereocenters. The molecule has 0 atom stereocenters. The summed E-state index contributed by atoms with van der Waals surface area (Å²) in [5, 5.41) is 0. The lowest BCUT2D eigenvalue weighted by Gasteiger charge is -2.12. The zero-order chi connectivity index (χ0) is 19.7. The van der Waals surface area contributed by atoms with Crippen LogP contribution < -0.4 is 11.3 Å². The number of hydrogen-bond acceptors (Lipinski definition) is 4. The first-order valence-electron chi connectivity index (χ1n) is 9.21. The number of amidine groups is 1. The van der Waals surface area contributed by atoms with Gasteiger partial charge in [0.1, 0.15) is 11.6 Å². The lowest BCUT2D eigenvalue weighted by atomic mass is 10.0. The second-order valence-corrected chi connectivity index (χ2v) is 7.10. The summed E-state index contributed by atoms with van der Waals surface area (Å²) in [7, 11) is 0. The topological polar surface area (TPSA) is 77.4 Å². The Bertz CT molecular complexity index is 1160. The summed E-state index contributed by atoms with van der Waals surface area (Å²) in [6.45, 7) is 2.60. The highest BCUT2D eigenvalue weighted by Gasteiger charge is 2.14. The molecule has 1 aliphatic heterocycles. The van der Waals surface area contributed by atoms with Crippen molar-refractivity contribution >= 4 is 11.6 Å². The number of aromatic nitrogens is 1. The van der Waals surface area contributed by atoms with Gasteiger partial charge in [0.05, 0.1) is 13.1 Å². The summed E-state index contributed by atoms with van der Waals surface area (Å²) in [4.78, 5) is 28.3. The molecule has 1 aliphatic rings. The van der Waals surface area contributed by atoms with Crippen molar-refractivity contribution in [1.82, 2.24) is 4.57 Å². The van der Waals surface area contributed by atoms with Gasteiger partial charge in [0.25, 0.3) is 5.56 Å². The zero-order valence-corrected chi connectivity index (χ0v) is 15.7. The van der Waals surface area contributed by atoms with Gasteiger partial charge in [-0.1, -0.05) is 36.4 Å². The first-order valence-corrected chi connectivity index (χ1v) is 9.21. The van der Waals surface area contributed by atoms with Gasteiger partial charge in [0.15, 0.2) is 0 Å². The average Bonchev–Trinajstić information content (AvgIpc) is 3.05. The van der Waals surface area contributed by atoms with Crippen LogP contribution in [0.15, 0.2) is 70.6 Å². The van der Waals surface area contributed by atoms with Crippen molar-refractivity contribution in [3.8, 4) is 11.1 Å². The second-order valence-electron chi connectivity index (χ2n) is 7.10. The number of nitrogens with zero attached hydrogens (tertiary/aromatic N) is 2. The van der Waals surface area contributed by atoms with E-state index in [1.165, 1.54) is 0 Å². The van der Waals surface area contributed by atoms with Crippen molar-refractivity contribution in [2.75, 3.05) is 0 Å². The van der Waals surface area contributed by atoms with E-state index in [2.05, 4.69) is 11.1 Å². The highest BCUT2D eigenvalue weighted by Crippen LogP contribution is 2.25. The molecule has 2 heterocycles. The van der Waals surface area contributed by atoms with Gasteiger partial charge in [-0.2, -0.15) is 0 Å². The second kappa shape index (κ2) is 7.27. The van der Waals surface area contributed by atoms with Gasteiger partial charge in [0, 0.05) is 24.2 Å². The fourth-order valence-corrected chi connectivity index (χ4v) is 3.57. The molecule has 0 spiro atoms. The molecule has 0 radical (unpaired) electrons. The van der Waals surface area contributed by atoms with Crippen LogP contribution in [0.3, 0.4) is 0 Å². The largest absolute Gasteiger partial charge is 0.383 e. The summed E-state index contributed by atoms with van der Waals surface area (Å²) in [5.41, 5.74) is 11.8. The molecule has 2 aromatic carbocycles. The Morgan fingerprint density at radius 2 is 1.82 bits per heavy atom. The number of pyridine rings is 1. The highest BCUT2D eigenvalue weighted by atomic mass is 16.1. The van der Waals surface area contributed by atoms with Gasteiger partial charge in [0.2, 0.25) is 0 Å². The van der Waals surface area contributed by atoms with Crippen LogP contribution in [0.2, 0.25) is 0 Å². The molecule has 0 amide bonds. The molecule has 1 aromatic heterocycles. The number of rotatable bonds is 5. The minimum absolute atomic E-state index is 0.0740. The molecule has 2 N–H and O–H groups in total. The number of benzene rings is 2. The van der Waals surface area contributed by atoms with Crippen LogP contribution in [0.5, 0.6) is 0 Å². The molecule has 0 aliphatic carbocycles. The van der Waals surface area contributed by atoms with Crippen LogP contribution in [0.4, 0.5) is 0 Å². The smallest absolute Gasteiger partial charge is 0.250 e. The standard InChI is InChI=1S/C23H21N3O2/c1-15(27)10-16-4-2-3-5-18(16)13-26-14-19(7-9-22(26)28)17-6-8-21-20(11-17)12-25-23(21)24/h2-9,11,14H,10,12-13H2,1H3,(H2,24,25). The van der Waals surface area contributed by atoms with E-state index in [9.17, 15) is 9.59 Å². The van der Waals surface area contributed by atoms with Crippen LogP contribution in [-0.2, 0) is 24.3 Å². The quantitative estimate of drug-likeness (QED) is 0.749. The van der Waals surface area contributed by atoms with E-state index in [4.69, 9.17) is 5.73 Å². The fourth-order valence-electron chi connectivity index (χ4n) is 3.57. The predicted octanol–water partition coefficient (Wildman–Crippen LogP) is 2.91. The summed E-state index contributed by atoms with van der Waals surface area (Å²) in [5.74, 6) is 0.682. The van der Waals surface area contributed by atoms with Crippen molar-refractivity contribution in [2.24, 2.45) is 10.7 Å². The number of fused-ring (bicyclic) bond motifs is 1. The van der Waals surface area contributed by atoms with Gasteiger partial charge >= 0.3 is 0 Å². The SMILES string of the molecule is CC(=O)Cc1ccccc1Cn1cc(-c2ccc3c(c2)CN=C3N)ccc1=O. The molecule has 0 bridgehead atoms. The van der Waals surface area contributed by atoms with Crippen LogP contribution in [0, 0.1) is 0 Å². The van der Waals surface area contributed by atoms with Crippen molar-refractivity contribution < 1.29 is 4.79 Å². The average molecular weight is 371 g/mol. The lowest BCUT2D eigenvalue weighted by Crippen LogP contribution is -2.20. The Morgan fingerprint density at radius 3 is 2.61 bits per heavy atom.